The minimum atomic E-state index is -0.977. The molecule has 244 valence electrons. The summed E-state index contributed by atoms with van der Waals surface area (Å²) in [7, 11) is 1.58. The highest BCUT2D eigenvalue weighted by atomic mass is 16.7. The Balaban J connectivity index is 1.90. The number of ether oxygens (including phenoxy) is 3. The van der Waals surface area contributed by atoms with Gasteiger partial charge in [-0.3, -0.25) is 10.1 Å². The molecule has 4 N–H and O–H groups in total. The quantitative estimate of drug-likeness (QED) is 0.0570. The van der Waals surface area contributed by atoms with Gasteiger partial charge in [-0.15, -0.1) is 0 Å². The lowest BCUT2D eigenvalue weighted by molar-refractivity contribution is -0.163. The second-order valence-corrected chi connectivity index (χ2v) is 11.9. The maximum Gasteiger partial charge on any atom is 0.219 e. The van der Waals surface area contributed by atoms with Crippen LogP contribution in [0.3, 0.4) is 0 Å². The number of hydrogen-bond donors (Lipinski definition) is 4. The van der Waals surface area contributed by atoms with Crippen LogP contribution in [-0.4, -0.2) is 67.3 Å². The Bertz CT molecular complexity index is 596. The number of unbranched alkanes of at least 4 members (excludes halogenated alkanes) is 15. The van der Waals surface area contributed by atoms with Gasteiger partial charge in [-0.2, -0.15) is 0 Å². The van der Waals surface area contributed by atoms with Gasteiger partial charge in [-0.25, -0.2) is 0 Å². The van der Waals surface area contributed by atoms with Gasteiger partial charge in [0.25, 0.3) is 0 Å². The molecule has 0 aliphatic carbocycles. The van der Waals surface area contributed by atoms with E-state index in [-0.39, 0.29) is 43.5 Å². The summed E-state index contributed by atoms with van der Waals surface area (Å²) in [5.41, 5.74) is 0. The predicted octanol–water partition coefficient (Wildman–Crippen LogP) is 6.71. The highest BCUT2D eigenvalue weighted by molar-refractivity contribution is 5.75. The Kier molecular flexibility index (Phi) is 25.0. The number of carbonyl (C=O) groups is 1. The van der Waals surface area contributed by atoms with Gasteiger partial charge in [-0.1, -0.05) is 104 Å². The predicted molar refractivity (Wildman–Crippen MR) is 166 cm³/mol. The van der Waals surface area contributed by atoms with Crippen molar-refractivity contribution in [3.63, 3.8) is 0 Å². The first-order valence-corrected chi connectivity index (χ1v) is 17.2. The Morgan fingerprint density at radius 1 is 0.829 bits per heavy atom. The summed E-state index contributed by atoms with van der Waals surface area (Å²) in [6.07, 6.45) is 22.5. The lowest BCUT2D eigenvalue weighted by Crippen LogP contribution is -2.30. The molecule has 1 fully saturated rings. The molecule has 0 saturated carbocycles. The van der Waals surface area contributed by atoms with Crippen molar-refractivity contribution in [1.82, 2.24) is 10.6 Å². The molecule has 1 aliphatic rings. The van der Waals surface area contributed by atoms with Crippen LogP contribution in [0.15, 0.2) is 0 Å². The topological polar surface area (TPSA) is 109 Å². The Hall–Kier alpha value is -0.770. The summed E-state index contributed by atoms with van der Waals surface area (Å²) in [6.45, 7) is 5.80. The molecule has 0 aromatic rings. The van der Waals surface area contributed by atoms with Gasteiger partial charge < -0.3 is 29.7 Å². The molecule has 1 heterocycles. The third kappa shape index (κ3) is 21.6. The van der Waals surface area contributed by atoms with E-state index in [1.54, 1.807) is 7.05 Å². The fourth-order valence-corrected chi connectivity index (χ4v) is 5.46. The number of carbonyl (C=O) groups excluding carboxylic acids is 1. The Morgan fingerprint density at radius 2 is 1.41 bits per heavy atom. The van der Waals surface area contributed by atoms with Gasteiger partial charge in [0.2, 0.25) is 5.91 Å². The third-order valence-corrected chi connectivity index (χ3v) is 8.13. The molecule has 0 aromatic carbocycles. The largest absolute Gasteiger partial charge is 0.379 e. The van der Waals surface area contributed by atoms with Crippen LogP contribution < -0.4 is 10.6 Å². The highest BCUT2D eigenvalue weighted by Crippen LogP contribution is 2.27. The van der Waals surface area contributed by atoms with Gasteiger partial charge in [-0.05, 0) is 38.6 Å². The first-order valence-electron chi connectivity index (χ1n) is 17.2. The van der Waals surface area contributed by atoms with Crippen LogP contribution in [-0.2, 0) is 19.0 Å². The smallest absolute Gasteiger partial charge is 0.219 e. The van der Waals surface area contributed by atoms with E-state index in [0.29, 0.717) is 13.0 Å². The molecule has 8 nitrogen and oxygen atoms in total. The molecule has 0 spiro atoms. The summed E-state index contributed by atoms with van der Waals surface area (Å²) in [5.74, 6) is -0.111. The van der Waals surface area contributed by atoms with Crippen LogP contribution in [0.1, 0.15) is 155 Å². The Labute approximate surface area is 252 Å². The molecule has 1 aliphatic heterocycles. The van der Waals surface area contributed by atoms with Gasteiger partial charge in [0.15, 0.2) is 12.6 Å². The van der Waals surface area contributed by atoms with Crippen LogP contribution in [0.2, 0.25) is 0 Å². The highest BCUT2D eigenvalue weighted by Gasteiger charge is 2.36. The lowest BCUT2D eigenvalue weighted by atomic mass is 10.0. The van der Waals surface area contributed by atoms with Gasteiger partial charge >= 0.3 is 0 Å². The number of nitrogens with one attached hydrogen (secondary N) is 2. The van der Waals surface area contributed by atoms with E-state index in [0.717, 1.165) is 51.5 Å². The monoisotopic (exact) mass is 586 g/mol. The molecule has 1 saturated heterocycles. The number of hydrogen-bond acceptors (Lipinski definition) is 7. The van der Waals surface area contributed by atoms with Crippen molar-refractivity contribution in [2.75, 3.05) is 20.2 Å². The molecule has 0 aromatic heterocycles. The normalized spacial score (nSPS) is 20.4. The molecule has 0 bridgehead atoms. The molecule has 41 heavy (non-hydrogen) atoms. The molecular weight excluding hydrogens is 520 g/mol. The van der Waals surface area contributed by atoms with E-state index in [1.165, 1.54) is 77.0 Å². The molecule has 3 unspecified atom stereocenters. The van der Waals surface area contributed by atoms with E-state index >= 15 is 0 Å². The fraction of sp³-hybridized carbons (Fsp3) is 0.970. The SMILES string of the molecule is CCCCCCCCCCCCCCCC(O)NCCCCCCO[C@@H]1CC(OC(O)CCC(=O)NC)[C@@H](CC)O1. The van der Waals surface area contributed by atoms with E-state index < -0.39 is 6.29 Å². The summed E-state index contributed by atoms with van der Waals surface area (Å²) in [5, 5.41) is 26.1. The van der Waals surface area contributed by atoms with Crippen LogP contribution in [0, 0.1) is 0 Å². The number of aliphatic hydroxyl groups excluding tert-OH is 2. The molecule has 5 atom stereocenters. The molecular formula is C33H66N2O6. The average Bonchev–Trinajstić information content (AvgIpc) is 3.36. The number of rotatable bonds is 29. The van der Waals surface area contributed by atoms with Crippen molar-refractivity contribution in [2.45, 2.75) is 186 Å². The summed E-state index contributed by atoms with van der Waals surface area (Å²) in [4.78, 5) is 11.4. The zero-order valence-corrected chi connectivity index (χ0v) is 26.9. The summed E-state index contributed by atoms with van der Waals surface area (Å²) >= 11 is 0. The fourth-order valence-electron chi connectivity index (χ4n) is 5.46. The third-order valence-electron chi connectivity index (χ3n) is 8.13. The number of aliphatic hydroxyl groups is 2. The van der Waals surface area contributed by atoms with Crippen molar-refractivity contribution in [1.29, 1.82) is 0 Å². The summed E-state index contributed by atoms with van der Waals surface area (Å²) in [6, 6.07) is 0. The molecule has 0 radical (unpaired) electrons. The summed E-state index contributed by atoms with van der Waals surface area (Å²) < 4.78 is 17.6. The van der Waals surface area contributed by atoms with Crippen molar-refractivity contribution in [2.24, 2.45) is 0 Å². The van der Waals surface area contributed by atoms with Crippen molar-refractivity contribution in [3.05, 3.63) is 0 Å². The van der Waals surface area contributed by atoms with Crippen LogP contribution >= 0.6 is 0 Å². The minimum Gasteiger partial charge on any atom is -0.379 e. The van der Waals surface area contributed by atoms with E-state index in [4.69, 9.17) is 14.2 Å². The molecule has 1 rings (SSSR count). The Morgan fingerprint density at radius 3 is 2.02 bits per heavy atom. The second kappa shape index (κ2) is 26.8. The number of amides is 1. The van der Waals surface area contributed by atoms with Crippen LogP contribution in [0.4, 0.5) is 0 Å². The average molecular weight is 587 g/mol. The standard InChI is InChI=1S/C33H66N2O6/c1-4-6-7-8-9-10-11-12-13-14-15-16-19-22-31(37)35-25-20-17-18-21-26-39-33-27-29(28(5-2)41-33)40-32(38)24-23-30(36)34-3/h28-29,31-33,35,37-38H,4-27H2,1-3H3,(H,34,36)/t28-,29?,31?,32?,33+/m1/s1. The van der Waals surface area contributed by atoms with Gasteiger partial charge in [0.1, 0.15) is 6.23 Å². The van der Waals surface area contributed by atoms with E-state index in [2.05, 4.69) is 17.6 Å². The van der Waals surface area contributed by atoms with Gasteiger partial charge in [0.05, 0.1) is 12.2 Å². The zero-order valence-electron chi connectivity index (χ0n) is 26.9. The lowest BCUT2D eigenvalue weighted by Gasteiger charge is -2.20. The maximum absolute atomic E-state index is 11.4. The van der Waals surface area contributed by atoms with Crippen molar-refractivity contribution in [3.8, 4) is 0 Å². The maximum atomic E-state index is 11.4. The molecule has 8 heteroatoms. The first kappa shape index (κ1) is 38.3. The zero-order chi connectivity index (χ0) is 30.0. The second-order valence-electron chi connectivity index (χ2n) is 11.9. The van der Waals surface area contributed by atoms with Crippen molar-refractivity contribution >= 4 is 5.91 Å². The molecule has 1 amide bonds. The first-order chi connectivity index (χ1) is 20.0. The van der Waals surface area contributed by atoms with Crippen LogP contribution in [0.5, 0.6) is 0 Å². The minimum absolute atomic E-state index is 0.105. The van der Waals surface area contributed by atoms with E-state index in [9.17, 15) is 15.0 Å². The van der Waals surface area contributed by atoms with Crippen LogP contribution in [0.25, 0.3) is 0 Å². The van der Waals surface area contributed by atoms with Gasteiger partial charge in [0, 0.05) is 32.9 Å². The van der Waals surface area contributed by atoms with Crippen molar-refractivity contribution < 1.29 is 29.2 Å². The van der Waals surface area contributed by atoms with E-state index in [1.807, 2.05) is 6.92 Å².